The van der Waals surface area contributed by atoms with Crippen molar-refractivity contribution >= 4 is 0 Å². The minimum atomic E-state index is 0.256. The van der Waals surface area contributed by atoms with Crippen LogP contribution in [0.4, 0.5) is 0 Å². The molecule has 1 radical (unpaired) electrons. The molecule has 0 saturated carbocycles. The molecule has 1 atom stereocenters. The Morgan fingerprint density at radius 1 is 1.40 bits per heavy atom. The number of hydrogen-bond acceptors (Lipinski definition) is 2. The van der Waals surface area contributed by atoms with E-state index in [-0.39, 0.29) is 6.23 Å². The van der Waals surface area contributed by atoms with E-state index in [0.717, 1.165) is 13.0 Å². The summed E-state index contributed by atoms with van der Waals surface area (Å²) >= 11 is 0. The topological polar surface area (TPSA) is 15.1 Å². The maximum Gasteiger partial charge on any atom is 0.233 e. The zero-order valence-electron chi connectivity index (χ0n) is 7.55. The van der Waals surface area contributed by atoms with Gasteiger partial charge in [0.2, 0.25) is 6.23 Å². The zero-order valence-corrected chi connectivity index (χ0v) is 7.55. The molecule has 0 saturated heterocycles. The van der Waals surface area contributed by atoms with Crippen LogP contribution in [0.1, 0.15) is 26.7 Å². The van der Waals surface area contributed by atoms with Crippen molar-refractivity contribution in [2.75, 3.05) is 20.7 Å². The van der Waals surface area contributed by atoms with E-state index in [0.29, 0.717) is 0 Å². The Hall–Kier alpha value is -0.0800. The summed E-state index contributed by atoms with van der Waals surface area (Å²) in [5.41, 5.74) is 0. The Morgan fingerprint density at radius 2 is 2.00 bits per heavy atom. The van der Waals surface area contributed by atoms with Crippen molar-refractivity contribution in [1.29, 1.82) is 0 Å². The number of unbranched alkanes of at least 4 members (excludes halogenated alkanes) is 1. The minimum Gasteiger partial charge on any atom is -0.326 e. The lowest BCUT2D eigenvalue weighted by Crippen LogP contribution is -2.33. The maximum atomic E-state index is 5.47. The summed E-state index contributed by atoms with van der Waals surface area (Å²) in [5, 5.41) is 0. The summed E-state index contributed by atoms with van der Waals surface area (Å²) in [6, 6.07) is 0. The van der Waals surface area contributed by atoms with Crippen LogP contribution in [0, 0.1) is 0 Å². The van der Waals surface area contributed by atoms with Crippen molar-refractivity contribution in [2.24, 2.45) is 0 Å². The van der Waals surface area contributed by atoms with Gasteiger partial charge in [0.15, 0.2) is 0 Å². The average Bonchev–Trinajstić information content (AvgIpc) is 1.88. The molecule has 0 rings (SSSR count). The van der Waals surface area contributed by atoms with Crippen molar-refractivity contribution < 1.29 is 4.74 Å². The van der Waals surface area contributed by atoms with Crippen molar-refractivity contribution in [2.45, 2.75) is 32.9 Å². The zero-order chi connectivity index (χ0) is 7.98. The molecular weight excluding hydrogens is 126 g/mol. The third kappa shape index (κ3) is 4.77. The lowest BCUT2D eigenvalue weighted by atomic mass is 10.4. The Labute approximate surface area is 64.2 Å². The Morgan fingerprint density at radius 3 is 2.40 bits per heavy atom. The Kier molecular flexibility index (Phi) is 5.64. The first-order valence-corrected chi connectivity index (χ1v) is 3.96. The normalized spacial score (nSPS) is 14.1. The van der Waals surface area contributed by atoms with E-state index < -0.39 is 0 Å². The maximum absolute atomic E-state index is 5.47. The fourth-order valence-electron chi connectivity index (χ4n) is 0.547. The minimum absolute atomic E-state index is 0.256. The first kappa shape index (κ1) is 9.92. The van der Waals surface area contributed by atoms with E-state index >= 15 is 0 Å². The van der Waals surface area contributed by atoms with Gasteiger partial charge in [-0.25, -0.2) is 0 Å². The fourth-order valence-corrected chi connectivity index (χ4v) is 0.547. The van der Waals surface area contributed by atoms with Gasteiger partial charge in [0.1, 0.15) is 14.1 Å². The molecule has 0 aromatic rings. The van der Waals surface area contributed by atoms with E-state index in [1.54, 1.807) is 0 Å². The van der Waals surface area contributed by atoms with Gasteiger partial charge in [0, 0.05) is 6.92 Å². The van der Waals surface area contributed by atoms with Gasteiger partial charge in [-0.3, -0.25) is 0 Å². The third-order valence-corrected chi connectivity index (χ3v) is 1.58. The largest absolute Gasteiger partial charge is 0.326 e. The first-order chi connectivity index (χ1) is 4.68. The van der Waals surface area contributed by atoms with Crippen LogP contribution in [0.15, 0.2) is 0 Å². The van der Waals surface area contributed by atoms with Crippen LogP contribution in [-0.2, 0) is 4.74 Å². The molecule has 0 aromatic carbocycles. The molecule has 1 unspecified atom stereocenters. The molecule has 0 heterocycles. The number of hydrogen-bond donors (Lipinski definition) is 0. The second-order valence-corrected chi connectivity index (χ2v) is 2.79. The molecule has 0 amide bonds. The second-order valence-electron chi connectivity index (χ2n) is 2.79. The van der Waals surface area contributed by atoms with Gasteiger partial charge < -0.3 is 4.74 Å². The molecule has 0 spiro atoms. The smallest absolute Gasteiger partial charge is 0.233 e. The highest BCUT2D eigenvalue weighted by Crippen LogP contribution is 1.94. The number of rotatable bonds is 5. The lowest BCUT2D eigenvalue weighted by molar-refractivity contribution is 0.0140. The predicted octanol–water partition coefficient (Wildman–Crippen LogP) is 1.55. The molecule has 0 aliphatic heterocycles. The highest BCUT2D eigenvalue weighted by Gasteiger charge is 2.11. The van der Waals surface area contributed by atoms with Crippen LogP contribution < -0.4 is 4.90 Å². The fraction of sp³-hybridized carbons (Fsp3) is 1.00. The lowest BCUT2D eigenvalue weighted by Gasteiger charge is -2.10. The van der Waals surface area contributed by atoms with Crippen LogP contribution in [-0.4, -0.2) is 26.9 Å². The Balaban J connectivity index is 3.13. The highest BCUT2D eigenvalue weighted by molar-refractivity contribution is 4.49. The third-order valence-electron chi connectivity index (χ3n) is 1.58. The van der Waals surface area contributed by atoms with E-state index in [1.165, 1.54) is 6.42 Å². The molecule has 2 nitrogen and oxygen atoms in total. The van der Waals surface area contributed by atoms with E-state index in [9.17, 15) is 0 Å². The highest BCUT2D eigenvalue weighted by atomic mass is 16.5. The molecule has 61 valence electrons. The monoisotopic (exact) mass is 145 g/mol. The summed E-state index contributed by atoms with van der Waals surface area (Å²) in [4.78, 5) is 2.07. The summed E-state index contributed by atoms with van der Waals surface area (Å²) in [5.74, 6) is 0. The Bertz CT molecular complexity index is 73.7. The van der Waals surface area contributed by atoms with Gasteiger partial charge in [-0.2, -0.15) is 0 Å². The average molecular weight is 145 g/mol. The molecule has 0 aromatic heterocycles. The van der Waals surface area contributed by atoms with Gasteiger partial charge in [-0.1, -0.05) is 13.3 Å². The predicted molar refractivity (Wildman–Crippen MR) is 44.3 cm³/mol. The van der Waals surface area contributed by atoms with Crippen molar-refractivity contribution in [1.82, 2.24) is 4.90 Å². The molecule has 0 aliphatic carbocycles. The summed E-state index contributed by atoms with van der Waals surface area (Å²) < 4.78 is 5.47. The summed E-state index contributed by atoms with van der Waals surface area (Å²) in [6.45, 7) is 5.12. The standard InChI is InChI=1S/C8H19NO/c1-5-6-7-10-8(2)9(3)4/h8H,5-7H2,1-4H3/q+1. The molecule has 0 bridgehead atoms. The quantitative estimate of drug-likeness (QED) is 0.325. The van der Waals surface area contributed by atoms with E-state index in [4.69, 9.17) is 4.74 Å². The van der Waals surface area contributed by atoms with Gasteiger partial charge in [-0.15, -0.1) is 4.90 Å². The molecule has 0 fully saturated rings. The molecule has 10 heavy (non-hydrogen) atoms. The van der Waals surface area contributed by atoms with Crippen LogP contribution in [0.5, 0.6) is 0 Å². The molecule has 0 aliphatic rings. The SMILES string of the molecule is CCCCOC(C)[N+](C)C. The van der Waals surface area contributed by atoms with Gasteiger partial charge in [0.25, 0.3) is 0 Å². The summed E-state index contributed by atoms with van der Waals surface area (Å²) in [6.07, 6.45) is 2.63. The molecule has 0 N–H and O–H groups in total. The first-order valence-electron chi connectivity index (χ1n) is 3.96. The van der Waals surface area contributed by atoms with Gasteiger partial charge in [-0.05, 0) is 6.42 Å². The van der Waals surface area contributed by atoms with Gasteiger partial charge >= 0.3 is 0 Å². The number of nitrogens with zero attached hydrogens (tertiary/aromatic N) is 1. The molecular formula is C8H19NO+. The summed E-state index contributed by atoms with van der Waals surface area (Å²) in [7, 11) is 4.05. The number of ether oxygens (including phenoxy) is 1. The molecule has 2 heteroatoms. The van der Waals surface area contributed by atoms with Gasteiger partial charge in [0.05, 0.1) is 6.61 Å². The van der Waals surface area contributed by atoms with E-state index in [1.807, 2.05) is 14.1 Å². The van der Waals surface area contributed by atoms with Crippen LogP contribution in [0.2, 0.25) is 0 Å². The van der Waals surface area contributed by atoms with Crippen molar-refractivity contribution in [3.8, 4) is 0 Å². The van der Waals surface area contributed by atoms with Crippen molar-refractivity contribution in [3.05, 3.63) is 0 Å². The van der Waals surface area contributed by atoms with Crippen LogP contribution in [0.25, 0.3) is 0 Å². The van der Waals surface area contributed by atoms with E-state index in [2.05, 4.69) is 18.7 Å². The van der Waals surface area contributed by atoms with Crippen molar-refractivity contribution in [3.63, 3.8) is 0 Å². The second kappa shape index (κ2) is 5.69. The van der Waals surface area contributed by atoms with Crippen LogP contribution in [0.3, 0.4) is 0 Å². The van der Waals surface area contributed by atoms with Crippen LogP contribution >= 0.6 is 0 Å².